The SMILES string of the molecule is CCc1nc(N)nc2c1C(=O)N(CC)C(c1ccc(F)cc1-c1cccnc1)C2. The zero-order valence-corrected chi connectivity index (χ0v) is 16.4. The zero-order valence-electron chi connectivity index (χ0n) is 16.4. The van der Waals surface area contributed by atoms with Gasteiger partial charge in [0.05, 0.1) is 23.0 Å². The number of nitrogens with zero attached hydrogens (tertiary/aromatic N) is 4. The van der Waals surface area contributed by atoms with Crippen molar-refractivity contribution in [2.45, 2.75) is 32.7 Å². The molecule has 0 aliphatic carbocycles. The van der Waals surface area contributed by atoms with Crippen molar-refractivity contribution < 1.29 is 9.18 Å². The number of carbonyl (C=O) groups is 1. The van der Waals surface area contributed by atoms with Gasteiger partial charge in [0.1, 0.15) is 5.82 Å². The van der Waals surface area contributed by atoms with E-state index in [1.807, 2.05) is 26.0 Å². The lowest BCUT2D eigenvalue weighted by atomic mass is 9.87. The van der Waals surface area contributed by atoms with Crippen LogP contribution in [0.15, 0.2) is 42.7 Å². The molecule has 1 aliphatic heterocycles. The number of halogens is 1. The van der Waals surface area contributed by atoms with Crippen molar-refractivity contribution in [1.29, 1.82) is 0 Å². The molecule has 0 bridgehead atoms. The minimum Gasteiger partial charge on any atom is -0.368 e. The van der Waals surface area contributed by atoms with Crippen LogP contribution in [-0.4, -0.2) is 32.3 Å². The summed E-state index contributed by atoms with van der Waals surface area (Å²) in [5.41, 5.74) is 10.1. The number of nitrogens with two attached hydrogens (primary N) is 1. The van der Waals surface area contributed by atoms with E-state index in [1.165, 1.54) is 12.1 Å². The van der Waals surface area contributed by atoms with Crippen molar-refractivity contribution >= 4 is 11.9 Å². The third-order valence-corrected chi connectivity index (χ3v) is 5.34. The van der Waals surface area contributed by atoms with Crippen LogP contribution >= 0.6 is 0 Å². The van der Waals surface area contributed by atoms with E-state index in [4.69, 9.17) is 5.73 Å². The van der Waals surface area contributed by atoms with Crippen LogP contribution in [0.5, 0.6) is 0 Å². The molecule has 29 heavy (non-hydrogen) atoms. The minimum absolute atomic E-state index is 0.114. The summed E-state index contributed by atoms with van der Waals surface area (Å²) in [7, 11) is 0. The summed E-state index contributed by atoms with van der Waals surface area (Å²) >= 11 is 0. The Hall–Kier alpha value is -3.35. The Morgan fingerprint density at radius 1 is 1.24 bits per heavy atom. The van der Waals surface area contributed by atoms with Gasteiger partial charge in [-0.3, -0.25) is 9.78 Å². The quantitative estimate of drug-likeness (QED) is 0.735. The molecule has 0 saturated heterocycles. The summed E-state index contributed by atoms with van der Waals surface area (Å²) in [6.45, 7) is 4.39. The topological polar surface area (TPSA) is 85.0 Å². The van der Waals surface area contributed by atoms with Crippen LogP contribution in [0, 0.1) is 5.82 Å². The van der Waals surface area contributed by atoms with Crippen LogP contribution in [0.25, 0.3) is 11.1 Å². The lowest BCUT2D eigenvalue weighted by Gasteiger charge is -2.37. The smallest absolute Gasteiger partial charge is 0.258 e. The van der Waals surface area contributed by atoms with Crippen LogP contribution in [0.4, 0.5) is 10.3 Å². The normalized spacial score (nSPS) is 16.0. The fourth-order valence-electron chi connectivity index (χ4n) is 4.04. The minimum atomic E-state index is -0.335. The molecular weight excluding hydrogens is 369 g/mol. The van der Waals surface area contributed by atoms with Crippen LogP contribution in [0.2, 0.25) is 0 Å². The first-order valence-corrected chi connectivity index (χ1v) is 9.69. The molecule has 0 spiro atoms. The van der Waals surface area contributed by atoms with E-state index in [9.17, 15) is 9.18 Å². The van der Waals surface area contributed by atoms with Crippen molar-refractivity contribution in [3.63, 3.8) is 0 Å². The molecule has 0 fully saturated rings. The Kier molecular flexibility index (Phi) is 4.96. The Balaban J connectivity index is 1.88. The number of aryl methyl sites for hydroxylation is 1. The lowest BCUT2D eigenvalue weighted by molar-refractivity contribution is 0.0656. The maximum Gasteiger partial charge on any atom is 0.258 e. The predicted molar refractivity (Wildman–Crippen MR) is 109 cm³/mol. The molecule has 1 amide bonds. The fraction of sp³-hybridized carbons (Fsp3) is 0.273. The first-order valence-electron chi connectivity index (χ1n) is 9.69. The second-order valence-electron chi connectivity index (χ2n) is 6.99. The van der Waals surface area contributed by atoms with E-state index in [0.717, 1.165) is 16.7 Å². The lowest BCUT2D eigenvalue weighted by Crippen LogP contribution is -2.41. The molecule has 2 N–H and O–H groups in total. The van der Waals surface area contributed by atoms with Gasteiger partial charge in [-0.05, 0) is 42.7 Å². The highest BCUT2D eigenvalue weighted by Crippen LogP contribution is 2.38. The molecule has 0 radical (unpaired) electrons. The standard InChI is InChI=1S/C22H22FN5O/c1-3-17-20-18(27-22(24)26-17)11-19(28(4-2)21(20)29)15-8-7-14(23)10-16(15)13-6-5-9-25-12-13/h5-10,12,19H,3-4,11H2,1-2H3,(H2,24,26,27). The van der Waals surface area contributed by atoms with Gasteiger partial charge in [0, 0.05) is 30.9 Å². The number of rotatable bonds is 4. The summed E-state index contributed by atoms with van der Waals surface area (Å²) in [5.74, 6) is -0.279. The molecule has 1 aliphatic rings. The number of anilines is 1. The van der Waals surface area contributed by atoms with Gasteiger partial charge >= 0.3 is 0 Å². The van der Waals surface area contributed by atoms with Crippen LogP contribution in [0.3, 0.4) is 0 Å². The number of pyridine rings is 1. The van der Waals surface area contributed by atoms with Crippen molar-refractivity contribution in [2.75, 3.05) is 12.3 Å². The highest BCUT2D eigenvalue weighted by molar-refractivity contribution is 5.98. The van der Waals surface area contributed by atoms with Gasteiger partial charge in [-0.15, -0.1) is 0 Å². The summed E-state index contributed by atoms with van der Waals surface area (Å²) in [4.78, 5) is 27.9. The average molecular weight is 391 g/mol. The van der Waals surface area contributed by atoms with E-state index in [0.29, 0.717) is 36.3 Å². The highest BCUT2D eigenvalue weighted by atomic mass is 19.1. The second-order valence-corrected chi connectivity index (χ2v) is 6.99. The number of carbonyl (C=O) groups excluding carboxylic acids is 1. The molecule has 4 rings (SSSR count). The number of benzene rings is 1. The number of hydrogen-bond donors (Lipinski definition) is 1. The van der Waals surface area contributed by atoms with Gasteiger partial charge in [-0.1, -0.05) is 19.1 Å². The van der Waals surface area contributed by atoms with Crippen LogP contribution < -0.4 is 5.73 Å². The average Bonchev–Trinajstić information content (AvgIpc) is 2.73. The Morgan fingerprint density at radius 3 is 2.76 bits per heavy atom. The maximum absolute atomic E-state index is 14.1. The van der Waals surface area contributed by atoms with E-state index >= 15 is 0 Å². The van der Waals surface area contributed by atoms with E-state index in [1.54, 1.807) is 23.4 Å². The van der Waals surface area contributed by atoms with Crippen molar-refractivity contribution in [3.05, 3.63) is 71.1 Å². The summed E-state index contributed by atoms with van der Waals surface area (Å²) in [5, 5.41) is 0. The maximum atomic E-state index is 14.1. The Morgan fingerprint density at radius 2 is 2.07 bits per heavy atom. The molecule has 0 saturated carbocycles. The van der Waals surface area contributed by atoms with E-state index in [-0.39, 0.29) is 23.7 Å². The molecule has 2 aromatic heterocycles. The molecule has 7 heteroatoms. The Bertz CT molecular complexity index is 1070. The number of fused-ring (bicyclic) bond motifs is 1. The molecule has 148 valence electrons. The highest BCUT2D eigenvalue weighted by Gasteiger charge is 2.36. The third kappa shape index (κ3) is 3.33. The van der Waals surface area contributed by atoms with Gasteiger partial charge < -0.3 is 10.6 Å². The first-order chi connectivity index (χ1) is 14.0. The van der Waals surface area contributed by atoms with E-state index in [2.05, 4.69) is 15.0 Å². The zero-order chi connectivity index (χ0) is 20.5. The molecule has 3 heterocycles. The fourth-order valence-corrected chi connectivity index (χ4v) is 4.04. The number of nitrogen functional groups attached to an aromatic ring is 1. The number of hydrogen-bond acceptors (Lipinski definition) is 5. The molecule has 3 aromatic rings. The predicted octanol–water partition coefficient (Wildman–Crippen LogP) is 3.58. The summed E-state index contributed by atoms with van der Waals surface area (Å²) < 4.78 is 14.1. The van der Waals surface area contributed by atoms with Crippen molar-refractivity contribution in [3.8, 4) is 11.1 Å². The largest absolute Gasteiger partial charge is 0.368 e. The van der Waals surface area contributed by atoms with Crippen LogP contribution in [0.1, 0.15) is 47.2 Å². The van der Waals surface area contributed by atoms with Crippen molar-refractivity contribution in [2.24, 2.45) is 0 Å². The number of aromatic nitrogens is 3. The monoisotopic (exact) mass is 391 g/mol. The van der Waals surface area contributed by atoms with Gasteiger partial charge in [0.2, 0.25) is 5.95 Å². The van der Waals surface area contributed by atoms with Crippen molar-refractivity contribution in [1.82, 2.24) is 19.9 Å². The van der Waals surface area contributed by atoms with Gasteiger partial charge in [0.25, 0.3) is 5.91 Å². The second kappa shape index (κ2) is 7.58. The molecule has 1 atom stereocenters. The first kappa shape index (κ1) is 19.0. The van der Waals surface area contributed by atoms with Gasteiger partial charge in [-0.25, -0.2) is 14.4 Å². The molecule has 1 aromatic carbocycles. The molecule has 6 nitrogen and oxygen atoms in total. The summed E-state index contributed by atoms with van der Waals surface area (Å²) in [6, 6.07) is 8.07. The Labute approximate surface area is 168 Å². The molecular formula is C22H22FN5O. The molecule has 1 unspecified atom stereocenters. The summed E-state index contributed by atoms with van der Waals surface area (Å²) in [6.07, 6.45) is 4.46. The van der Waals surface area contributed by atoms with Crippen LogP contribution in [-0.2, 0) is 12.8 Å². The van der Waals surface area contributed by atoms with Gasteiger partial charge in [-0.2, -0.15) is 0 Å². The number of likely N-dealkylation sites (N-methyl/N-ethyl adjacent to an activating group) is 1. The van der Waals surface area contributed by atoms with E-state index < -0.39 is 0 Å². The van der Waals surface area contributed by atoms with Gasteiger partial charge in [0.15, 0.2) is 0 Å². The number of amides is 1. The third-order valence-electron chi connectivity index (χ3n) is 5.34.